The van der Waals surface area contributed by atoms with Crippen LogP contribution in [0.2, 0.25) is 0 Å². The first kappa shape index (κ1) is 11.7. The van der Waals surface area contributed by atoms with Gasteiger partial charge in [0.2, 0.25) is 0 Å². The summed E-state index contributed by atoms with van der Waals surface area (Å²) in [4.78, 5) is 13.7. The summed E-state index contributed by atoms with van der Waals surface area (Å²) in [6, 6.07) is 0.684. The number of nitrogens with zero attached hydrogens (tertiary/aromatic N) is 1. The first-order chi connectivity index (χ1) is 6.77. The van der Waals surface area contributed by atoms with Crippen molar-refractivity contribution in [2.45, 2.75) is 58.4 Å². The van der Waals surface area contributed by atoms with Crippen molar-refractivity contribution in [3.8, 4) is 0 Å². The monoisotopic (exact) mass is 197 g/mol. The zero-order valence-corrected chi connectivity index (χ0v) is 9.59. The van der Waals surface area contributed by atoms with Gasteiger partial charge in [-0.2, -0.15) is 0 Å². The van der Waals surface area contributed by atoms with Crippen LogP contribution in [0, 0.1) is 0 Å². The van der Waals surface area contributed by atoms with Crippen LogP contribution in [0.25, 0.3) is 0 Å². The van der Waals surface area contributed by atoms with Crippen molar-refractivity contribution in [1.29, 1.82) is 0 Å². The number of hydrogen-bond acceptors (Lipinski definition) is 2. The maximum atomic E-state index is 11.1. The van der Waals surface area contributed by atoms with Gasteiger partial charge in [-0.3, -0.25) is 4.79 Å². The summed E-state index contributed by atoms with van der Waals surface area (Å²) < 4.78 is 0. The molecule has 14 heavy (non-hydrogen) atoms. The molecule has 82 valence electrons. The van der Waals surface area contributed by atoms with Crippen molar-refractivity contribution in [3.05, 3.63) is 0 Å². The number of unbranched alkanes of at least 4 members (excludes halogenated alkanes) is 1. The predicted octanol–water partition coefficient (Wildman–Crippen LogP) is 2.62. The highest BCUT2D eigenvalue weighted by molar-refractivity contribution is 5.79. The second-order valence-corrected chi connectivity index (χ2v) is 4.25. The van der Waals surface area contributed by atoms with Gasteiger partial charge in [0, 0.05) is 18.9 Å². The van der Waals surface area contributed by atoms with Gasteiger partial charge in [0.15, 0.2) is 0 Å². The normalized spacial score (nSPS) is 19.2. The van der Waals surface area contributed by atoms with Crippen LogP contribution in [0.1, 0.15) is 52.4 Å². The summed E-state index contributed by atoms with van der Waals surface area (Å²) in [7, 11) is 0. The van der Waals surface area contributed by atoms with Gasteiger partial charge in [-0.25, -0.2) is 0 Å². The molecule has 0 unspecified atom stereocenters. The van der Waals surface area contributed by atoms with E-state index in [1.54, 1.807) is 0 Å². The van der Waals surface area contributed by atoms with Crippen LogP contribution in [-0.2, 0) is 4.79 Å². The molecule has 0 heterocycles. The first-order valence-corrected chi connectivity index (χ1v) is 6.03. The van der Waals surface area contributed by atoms with Crippen LogP contribution >= 0.6 is 0 Å². The van der Waals surface area contributed by atoms with Gasteiger partial charge in [0.25, 0.3) is 0 Å². The summed E-state index contributed by atoms with van der Waals surface area (Å²) in [6.45, 7) is 6.81. The molecule has 2 heteroatoms. The zero-order chi connectivity index (χ0) is 10.4. The van der Waals surface area contributed by atoms with Crippen LogP contribution in [0.5, 0.6) is 0 Å². The van der Waals surface area contributed by atoms with Crippen molar-refractivity contribution < 1.29 is 4.79 Å². The zero-order valence-electron chi connectivity index (χ0n) is 9.59. The molecular formula is C12H23NO. The van der Waals surface area contributed by atoms with Gasteiger partial charge in [0.1, 0.15) is 5.78 Å². The predicted molar refractivity (Wildman–Crippen MR) is 59.4 cm³/mol. The molecule has 1 aliphatic carbocycles. The van der Waals surface area contributed by atoms with Crippen LogP contribution < -0.4 is 0 Å². The van der Waals surface area contributed by atoms with E-state index in [1.807, 2.05) is 0 Å². The number of ketones is 1. The lowest BCUT2D eigenvalue weighted by Gasteiger charge is -2.33. The van der Waals surface area contributed by atoms with Gasteiger partial charge in [-0.05, 0) is 32.4 Å². The fraction of sp³-hybridized carbons (Fsp3) is 0.917. The highest BCUT2D eigenvalue weighted by Crippen LogP contribution is 2.20. The summed E-state index contributed by atoms with van der Waals surface area (Å²) in [6.07, 6.45) is 6.37. The van der Waals surface area contributed by atoms with Crippen LogP contribution in [-0.4, -0.2) is 29.8 Å². The fourth-order valence-electron chi connectivity index (χ4n) is 2.25. The third kappa shape index (κ3) is 3.41. The van der Waals surface area contributed by atoms with E-state index < -0.39 is 0 Å². The fourth-order valence-corrected chi connectivity index (χ4v) is 2.25. The molecule has 0 aromatic rings. The van der Waals surface area contributed by atoms with E-state index in [0.717, 1.165) is 32.2 Å². The Morgan fingerprint density at radius 3 is 2.43 bits per heavy atom. The molecule has 1 fully saturated rings. The molecule has 0 atom stereocenters. The molecule has 0 amide bonds. The average Bonchev–Trinajstić information content (AvgIpc) is 2.21. The maximum absolute atomic E-state index is 11.1. The molecule has 0 aromatic carbocycles. The highest BCUT2D eigenvalue weighted by Gasteiger charge is 2.22. The third-order valence-electron chi connectivity index (χ3n) is 3.23. The van der Waals surface area contributed by atoms with E-state index in [9.17, 15) is 4.79 Å². The van der Waals surface area contributed by atoms with Crippen molar-refractivity contribution >= 4 is 5.78 Å². The molecule has 0 radical (unpaired) electrons. The summed E-state index contributed by atoms with van der Waals surface area (Å²) in [5.41, 5.74) is 0. The van der Waals surface area contributed by atoms with Gasteiger partial charge in [-0.15, -0.1) is 0 Å². The third-order valence-corrected chi connectivity index (χ3v) is 3.23. The minimum absolute atomic E-state index is 0.466. The van der Waals surface area contributed by atoms with Gasteiger partial charge in [0.05, 0.1) is 0 Å². The lowest BCUT2D eigenvalue weighted by Crippen LogP contribution is -2.38. The minimum Gasteiger partial charge on any atom is -0.301 e. The Morgan fingerprint density at radius 2 is 1.93 bits per heavy atom. The molecule has 1 aliphatic rings. The lowest BCUT2D eigenvalue weighted by atomic mass is 9.93. The molecule has 0 saturated heterocycles. The van der Waals surface area contributed by atoms with E-state index in [2.05, 4.69) is 18.7 Å². The molecule has 2 nitrogen and oxygen atoms in total. The Morgan fingerprint density at radius 1 is 1.29 bits per heavy atom. The van der Waals surface area contributed by atoms with Crippen LogP contribution in [0.4, 0.5) is 0 Å². The van der Waals surface area contributed by atoms with Crippen molar-refractivity contribution in [1.82, 2.24) is 4.90 Å². The Balaban J connectivity index is 2.32. The minimum atomic E-state index is 0.466. The summed E-state index contributed by atoms with van der Waals surface area (Å²) in [5.74, 6) is 0.466. The number of carbonyl (C=O) groups is 1. The number of rotatable bonds is 5. The Bertz CT molecular complexity index is 169. The number of hydrogen-bond donors (Lipinski definition) is 0. The van der Waals surface area contributed by atoms with Crippen molar-refractivity contribution in [3.63, 3.8) is 0 Å². The summed E-state index contributed by atoms with van der Waals surface area (Å²) >= 11 is 0. The molecule has 0 N–H and O–H groups in total. The molecule has 0 aromatic heterocycles. The number of carbonyl (C=O) groups excluding carboxylic acids is 1. The lowest BCUT2D eigenvalue weighted by molar-refractivity contribution is -0.121. The van der Waals surface area contributed by atoms with Crippen LogP contribution in [0.3, 0.4) is 0 Å². The Kier molecular flexibility index (Phi) is 5.16. The molecular weight excluding hydrogens is 174 g/mol. The maximum Gasteiger partial charge on any atom is 0.133 e. The largest absolute Gasteiger partial charge is 0.301 e. The number of Topliss-reactive ketones (excluding diaryl/α,β-unsaturated/α-hetero) is 1. The van der Waals surface area contributed by atoms with Gasteiger partial charge in [-0.1, -0.05) is 20.3 Å². The van der Waals surface area contributed by atoms with E-state index in [0.29, 0.717) is 11.8 Å². The van der Waals surface area contributed by atoms with E-state index in [4.69, 9.17) is 0 Å². The molecule has 0 spiro atoms. The highest BCUT2D eigenvalue weighted by atomic mass is 16.1. The second-order valence-electron chi connectivity index (χ2n) is 4.25. The van der Waals surface area contributed by atoms with Gasteiger partial charge < -0.3 is 4.90 Å². The molecule has 0 aliphatic heterocycles. The van der Waals surface area contributed by atoms with Crippen molar-refractivity contribution in [2.24, 2.45) is 0 Å². The molecule has 1 saturated carbocycles. The first-order valence-electron chi connectivity index (χ1n) is 6.03. The SMILES string of the molecule is CCCCN(CC)C1CCC(=O)CC1. The Labute approximate surface area is 87.7 Å². The van der Waals surface area contributed by atoms with Gasteiger partial charge >= 0.3 is 0 Å². The standard InChI is InChI=1S/C12H23NO/c1-3-5-10-13(4-2)11-6-8-12(14)9-7-11/h11H,3-10H2,1-2H3. The quantitative estimate of drug-likeness (QED) is 0.675. The summed E-state index contributed by atoms with van der Waals surface area (Å²) in [5, 5.41) is 0. The smallest absolute Gasteiger partial charge is 0.133 e. The van der Waals surface area contributed by atoms with E-state index in [-0.39, 0.29) is 0 Å². The van der Waals surface area contributed by atoms with Crippen LogP contribution in [0.15, 0.2) is 0 Å². The topological polar surface area (TPSA) is 20.3 Å². The molecule has 1 rings (SSSR count). The molecule has 0 bridgehead atoms. The average molecular weight is 197 g/mol. The van der Waals surface area contributed by atoms with E-state index >= 15 is 0 Å². The van der Waals surface area contributed by atoms with Crippen molar-refractivity contribution in [2.75, 3.05) is 13.1 Å². The van der Waals surface area contributed by atoms with E-state index in [1.165, 1.54) is 19.4 Å². The second kappa shape index (κ2) is 6.18. The Hall–Kier alpha value is -0.370.